The van der Waals surface area contributed by atoms with Crippen LogP contribution >= 0.6 is 0 Å². The molecular formula is C35H53N3O5. The minimum Gasteiger partial charge on any atom is -0.508 e. The van der Waals surface area contributed by atoms with Crippen LogP contribution in [-0.2, 0) is 20.7 Å². The van der Waals surface area contributed by atoms with Crippen LogP contribution in [0, 0.1) is 0 Å². The van der Waals surface area contributed by atoms with E-state index in [0.717, 1.165) is 50.5 Å². The van der Waals surface area contributed by atoms with Crippen molar-refractivity contribution in [1.29, 1.82) is 0 Å². The van der Waals surface area contributed by atoms with E-state index in [-0.39, 0.29) is 30.0 Å². The number of nitrogens with one attached hydrogen (secondary N) is 2. The molecule has 3 atom stereocenters. The minimum atomic E-state index is -0.960. The Hall–Kier alpha value is -3.55. The number of hydrogen-bond acceptors (Lipinski definition) is 5. The maximum atomic E-state index is 14.5. The molecule has 0 spiro atoms. The van der Waals surface area contributed by atoms with Crippen molar-refractivity contribution in [3.63, 3.8) is 0 Å². The Morgan fingerprint density at radius 3 is 2.09 bits per heavy atom. The highest BCUT2D eigenvalue weighted by atomic mass is 16.6. The zero-order valence-electron chi connectivity index (χ0n) is 27.0. The van der Waals surface area contributed by atoms with E-state index in [1.54, 1.807) is 37.8 Å². The Balaban J connectivity index is 2.51. The molecule has 2 aromatic rings. The monoisotopic (exact) mass is 595 g/mol. The number of carbonyl (C=O) groups excluding carboxylic acids is 3. The van der Waals surface area contributed by atoms with Crippen LogP contribution in [0.3, 0.4) is 0 Å². The molecule has 2 aromatic carbocycles. The lowest BCUT2D eigenvalue weighted by molar-refractivity contribution is -0.142. The molecule has 3 amide bonds. The van der Waals surface area contributed by atoms with Crippen LogP contribution < -0.4 is 10.6 Å². The predicted octanol–water partition coefficient (Wildman–Crippen LogP) is 7.06. The van der Waals surface area contributed by atoms with E-state index >= 15 is 0 Å². The maximum Gasteiger partial charge on any atom is 0.408 e. The smallest absolute Gasteiger partial charge is 0.408 e. The lowest BCUT2D eigenvalue weighted by atomic mass is 9.99. The average molecular weight is 596 g/mol. The average Bonchev–Trinajstić information content (AvgIpc) is 2.94. The number of hydrogen-bond donors (Lipinski definition) is 3. The van der Waals surface area contributed by atoms with E-state index in [9.17, 15) is 19.5 Å². The molecule has 0 bridgehead atoms. The maximum absolute atomic E-state index is 14.5. The van der Waals surface area contributed by atoms with E-state index in [2.05, 4.69) is 24.5 Å². The highest BCUT2D eigenvalue weighted by molar-refractivity contribution is 5.92. The molecule has 0 aliphatic heterocycles. The molecule has 0 saturated carbocycles. The number of aromatic hydroxyl groups is 1. The first kappa shape index (κ1) is 35.6. The minimum absolute atomic E-state index is 0.0737. The van der Waals surface area contributed by atoms with Gasteiger partial charge in [-0.2, -0.15) is 0 Å². The number of nitrogens with zero attached hydrogens (tertiary/aromatic N) is 1. The summed E-state index contributed by atoms with van der Waals surface area (Å²) in [6, 6.07) is 13.9. The topological polar surface area (TPSA) is 108 Å². The summed E-state index contributed by atoms with van der Waals surface area (Å²) in [4.78, 5) is 43.1. The van der Waals surface area contributed by atoms with Crippen LogP contribution in [0.25, 0.3) is 0 Å². The largest absolute Gasteiger partial charge is 0.508 e. The van der Waals surface area contributed by atoms with Gasteiger partial charge < -0.3 is 25.4 Å². The summed E-state index contributed by atoms with van der Waals surface area (Å²) in [6.45, 7) is 11.8. The number of phenolic OH excluding ortho intramolecular Hbond substituents is 1. The van der Waals surface area contributed by atoms with Crippen molar-refractivity contribution in [3.05, 3.63) is 65.7 Å². The number of carbonyl (C=O) groups is 3. The van der Waals surface area contributed by atoms with Crippen LogP contribution in [0.4, 0.5) is 4.79 Å². The van der Waals surface area contributed by atoms with Gasteiger partial charge in [-0.05, 0) is 63.8 Å². The molecule has 0 aliphatic carbocycles. The van der Waals surface area contributed by atoms with Crippen LogP contribution in [-0.4, -0.2) is 52.1 Å². The summed E-state index contributed by atoms with van der Waals surface area (Å²) in [7, 11) is 0. The molecular weight excluding hydrogens is 542 g/mol. The number of benzene rings is 2. The lowest BCUT2D eigenvalue weighted by Crippen LogP contribution is -2.54. The number of amides is 3. The van der Waals surface area contributed by atoms with Gasteiger partial charge in [0.15, 0.2) is 0 Å². The molecule has 3 N–H and O–H groups in total. The predicted molar refractivity (Wildman–Crippen MR) is 172 cm³/mol. The highest BCUT2D eigenvalue weighted by Gasteiger charge is 2.36. The summed E-state index contributed by atoms with van der Waals surface area (Å²) < 4.78 is 5.53. The summed E-state index contributed by atoms with van der Waals surface area (Å²) >= 11 is 0. The van der Waals surface area contributed by atoms with Gasteiger partial charge in [-0.25, -0.2) is 4.79 Å². The first-order valence-electron chi connectivity index (χ1n) is 15.9. The quantitative estimate of drug-likeness (QED) is 0.170. The Morgan fingerprint density at radius 2 is 1.49 bits per heavy atom. The van der Waals surface area contributed by atoms with E-state index in [4.69, 9.17) is 4.74 Å². The molecule has 0 heterocycles. The third-order valence-corrected chi connectivity index (χ3v) is 7.19. The third kappa shape index (κ3) is 13.1. The first-order valence-corrected chi connectivity index (χ1v) is 15.9. The molecule has 43 heavy (non-hydrogen) atoms. The van der Waals surface area contributed by atoms with Crippen molar-refractivity contribution >= 4 is 17.9 Å². The second-order valence-electron chi connectivity index (χ2n) is 12.4. The number of phenols is 1. The van der Waals surface area contributed by atoms with Crippen LogP contribution in [0.5, 0.6) is 5.75 Å². The number of unbranched alkanes of at least 4 members (excludes halogenated alkanes) is 5. The van der Waals surface area contributed by atoms with E-state index in [0.29, 0.717) is 18.5 Å². The van der Waals surface area contributed by atoms with Gasteiger partial charge in [-0.15, -0.1) is 0 Å². The fourth-order valence-electron chi connectivity index (χ4n) is 5.09. The van der Waals surface area contributed by atoms with Crippen LogP contribution in [0.2, 0.25) is 0 Å². The highest BCUT2D eigenvalue weighted by Crippen LogP contribution is 2.26. The SMILES string of the molecule is CCCCCCCCN(C(=O)C(Cc1ccccc1)NC(=O)OC(C)(C)C)C(C(=O)NC(C)CCC)c1ccc(O)cc1. The summed E-state index contributed by atoms with van der Waals surface area (Å²) in [6.07, 6.45) is 7.36. The molecule has 8 nitrogen and oxygen atoms in total. The zero-order valence-corrected chi connectivity index (χ0v) is 27.0. The van der Waals surface area contributed by atoms with Crippen molar-refractivity contribution in [3.8, 4) is 5.75 Å². The summed E-state index contributed by atoms with van der Waals surface area (Å²) in [5.41, 5.74) is 0.722. The van der Waals surface area contributed by atoms with Gasteiger partial charge in [0.2, 0.25) is 11.8 Å². The normalized spacial score (nSPS) is 13.4. The molecule has 0 aromatic heterocycles. The Bertz CT molecular complexity index is 1110. The summed E-state index contributed by atoms with van der Waals surface area (Å²) in [5.74, 6) is -0.578. The molecule has 0 radical (unpaired) electrons. The molecule has 0 saturated heterocycles. The van der Waals surface area contributed by atoms with Crippen molar-refractivity contribution < 1.29 is 24.2 Å². The molecule has 8 heteroatoms. The Labute approximate surface area is 258 Å². The second kappa shape index (κ2) is 18.2. The molecule has 2 rings (SSSR count). The van der Waals surface area contributed by atoms with E-state index < -0.39 is 23.8 Å². The fourth-order valence-corrected chi connectivity index (χ4v) is 5.09. The zero-order chi connectivity index (χ0) is 31.8. The standard InChI is InChI=1S/C35H53N3O5/c1-7-9-10-11-12-16-24-38(31(28-20-22-29(39)23-21-28)32(40)36-26(3)17-8-2)33(41)30(25-27-18-14-13-15-19-27)37-34(42)43-35(4,5)6/h13-15,18-23,26,30-31,39H,7-12,16-17,24-25H2,1-6H3,(H,36,40)(H,37,42). The van der Waals surface area contributed by atoms with Gasteiger partial charge in [0.1, 0.15) is 23.4 Å². The first-order chi connectivity index (χ1) is 20.4. The van der Waals surface area contributed by atoms with E-state index in [1.807, 2.05) is 37.3 Å². The molecule has 238 valence electrons. The fraction of sp³-hybridized carbons (Fsp3) is 0.571. The van der Waals surface area contributed by atoms with Gasteiger partial charge in [0, 0.05) is 19.0 Å². The Morgan fingerprint density at radius 1 is 0.860 bits per heavy atom. The van der Waals surface area contributed by atoms with Gasteiger partial charge in [-0.3, -0.25) is 9.59 Å². The van der Waals surface area contributed by atoms with Crippen molar-refractivity contribution in [2.45, 2.75) is 123 Å². The van der Waals surface area contributed by atoms with Crippen LogP contribution in [0.1, 0.15) is 110 Å². The second-order valence-corrected chi connectivity index (χ2v) is 12.4. The van der Waals surface area contributed by atoms with Gasteiger partial charge in [0.05, 0.1) is 0 Å². The molecule has 0 aliphatic rings. The van der Waals surface area contributed by atoms with E-state index in [1.165, 1.54) is 12.1 Å². The van der Waals surface area contributed by atoms with Crippen molar-refractivity contribution in [1.82, 2.24) is 15.5 Å². The number of alkyl carbamates (subject to hydrolysis) is 1. The number of ether oxygens (including phenoxy) is 1. The molecule has 3 unspecified atom stereocenters. The van der Waals surface area contributed by atoms with Gasteiger partial charge in [-0.1, -0.05) is 94.8 Å². The number of rotatable bonds is 17. The van der Waals surface area contributed by atoms with Crippen LogP contribution in [0.15, 0.2) is 54.6 Å². The molecule has 0 fully saturated rings. The van der Waals surface area contributed by atoms with Gasteiger partial charge in [0.25, 0.3) is 0 Å². The van der Waals surface area contributed by atoms with Crippen molar-refractivity contribution in [2.24, 2.45) is 0 Å². The lowest BCUT2D eigenvalue weighted by Gasteiger charge is -2.35. The van der Waals surface area contributed by atoms with Crippen molar-refractivity contribution in [2.75, 3.05) is 6.54 Å². The summed E-state index contributed by atoms with van der Waals surface area (Å²) in [5, 5.41) is 15.9. The van der Waals surface area contributed by atoms with Gasteiger partial charge >= 0.3 is 6.09 Å². The Kier molecular flexibility index (Phi) is 15.1. The third-order valence-electron chi connectivity index (χ3n) is 7.19.